The third-order valence-corrected chi connectivity index (χ3v) is 2.65. The number of amides is 1. The lowest BCUT2D eigenvalue weighted by Gasteiger charge is -2.05. The normalized spacial score (nSPS) is 9.71. The molecule has 0 radical (unpaired) electrons. The van der Waals surface area contributed by atoms with E-state index in [4.69, 9.17) is 5.26 Å². The Hall–Kier alpha value is -3.27. The highest BCUT2D eigenvalue weighted by molar-refractivity contribution is 6.04. The number of nitrogens with zero attached hydrogens (tertiary/aromatic N) is 2. The largest absolute Gasteiger partial charge is 0.322 e. The molecule has 21 heavy (non-hydrogen) atoms. The highest BCUT2D eigenvalue weighted by Gasteiger charge is 2.17. The highest BCUT2D eigenvalue weighted by atomic mass is 19.1. The van der Waals surface area contributed by atoms with Crippen molar-refractivity contribution in [3.05, 3.63) is 69.5 Å². The molecule has 0 unspecified atom stereocenters. The molecule has 0 atom stereocenters. The number of halogens is 1. The predicted molar refractivity (Wildman–Crippen MR) is 72.2 cm³/mol. The minimum absolute atomic E-state index is 0.0505. The van der Waals surface area contributed by atoms with E-state index in [0.29, 0.717) is 11.3 Å². The second kappa shape index (κ2) is 5.79. The van der Waals surface area contributed by atoms with E-state index in [9.17, 15) is 19.3 Å². The van der Waals surface area contributed by atoms with Gasteiger partial charge < -0.3 is 5.32 Å². The van der Waals surface area contributed by atoms with Crippen LogP contribution in [0.25, 0.3) is 0 Å². The third-order valence-electron chi connectivity index (χ3n) is 2.65. The Labute approximate surface area is 118 Å². The van der Waals surface area contributed by atoms with Gasteiger partial charge in [0.25, 0.3) is 5.91 Å². The van der Waals surface area contributed by atoms with Gasteiger partial charge in [0.05, 0.1) is 16.6 Å². The zero-order chi connectivity index (χ0) is 15.4. The monoisotopic (exact) mass is 285 g/mol. The first-order chi connectivity index (χ1) is 10.0. The summed E-state index contributed by atoms with van der Waals surface area (Å²) in [6.45, 7) is 0. The van der Waals surface area contributed by atoms with Gasteiger partial charge in [0, 0.05) is 17.3 Å². The van der Waals surface area contributed by atoms with Crippen molar-refractivity contribution in [2.24, 2.45) is 0 Å². The number of rotatable bonds is 3. The smallest absolute Gasteiger partial charge is 0.305 e. The zero-order valence-corrected chi connectivity index (χ0v) is 10.5. The molecule has 2 aromatic carbocycles. The number of nitrogens with one attached hydrogen (secondary N) is 1. The number of anilines is 1. The first kappa shape index (κ1) is 14.1. The van der Waals surface area contributed by atoms with Gasteiger partial charge in [-0.15, -0.1) is 0 Å². The molecule has 0 aliphatic heterocycles. The fourth-order valence-corrected chi connectivity index (χ4v) is 1.66. The van der Waals surface area contributed by atoms with Crippen molar-refractivity contribution in [3.8, 4) is 6.07 Å². The number of hydrogen-bond donors (Lipinski definition) is 1. The maximum absolute atomic E-state index is 13.2. The van der Waals surface area contributed by atoms with Crippen LogP contribution >= 0.6 is 0 Å². The molecule has 2 rings (SSSR count). The summed E-state index contributed by atoms with van der Waals surface area (Å²) in [6, 6.07) is 11.0. The minimum atomic E-state index is -1.01. The van der Waals surface area contributed by atoms with Gasteiger partial charge in [0.15, 0.2) is 0 Å². The molecule has 0 aromatic heterocycles. The van der Waals surface area contributed by atoms with Crippen LogP contribution in [0.3, 0.4) is 0 Å². The van der Waals surface area contributed by atoms with Crippen molar-refractivity contribution in [1.82, 2.24) is 0 Å². The van der Waals surface area contributed by atoms with Crippen molar-refractivity contribution < 1.29 is 14.1 Å². The Morgan fingerprint density at radius 1 is 1.29 bits per heavy atom. The third kappa shape index (κ3) is 3.19. The molecule has 104 valence electrons. The molecule has 0 bridgehead atoms. The topological polar surface area (TPSA) is 96.0 Å². The van der Waals surface area contributed by atoms with E-state index in [1.165, 1.54) is 6.07 Å². The molecule has 0 saturated carbocycles. The number of carbonyl (C=O) groups excluding carboxylic acids is 1. The first-order valence-electron chi connectivity index (χ1n) is 5.76. The summed E-state index contributed by atoms with van der Waals surface area (Å²) < 4.78 is 13.2. The van der Waals surface area contributed by atoms with Crippen molar-refractivity contribution in [2.45, 2.75) is 0 Å². The van der Waals surface area contributed by atoms with E-state index in [0.717, 1.165) is 18.2 Å². The van der Waals surface area contributed by atoms with Crippen LogP contribution in [0.1, 0.15) is 15.9 Å². The fraction of sp³-hybridized carbons (Fsp3) is 0. The molecular formula is C14H8FN3O3. The van der Waals surface area contributed by atoms with Gasteiger partial charge in [-0.3, -0.25) is 14.9 Å². The molecule has 1 amide bonds. The number of nitro groups is 1. The molecule has 0 aliphatic rings. The second-order valence-electron chi connectivity index (χ2n) is 4.07. The van der Waals surface area contributed by atoms with Gasteiger partial charge >= 0.3 is 5.69 Å². The average Bonchev–Trinajstić information content (AvgIpc) is 2.47. The van der Waals surface area contributed by atoms with Gasteiger partial charge in [-0.25, -0.2) is 0 Å². The second-order valence-corrected chi connectivity index (χ2v) is 4.07. The zero-order valence-electron chi connectivity index (χ0n) is 10.5. The molecule has 1 N–H and O–H groups in total. The number of nitro benzene ring substituents is 1. The molecule has 2 aromatic rings. The lowest BCUT2D eigenvalue weighted by Crippen LogP contribution is -2.12. The summed E-state index contributed by atoms with van der Waals surface area (Å²) in [7, 11) is 0. The van der Waals surface area contributed by atoms with E-state index in [2.05, 4.69) is 5.32 Å². The van der Waals surface area contributed by atoms with Gasteiger partial charge in [0.1, 0.15) is 0 Å². The Morgan fingerprint density at radius 2 is 2.05 bits per heavy atom. The lowest BCUT2D eigenvalue weighted by atomic mass is 10.1. The predicted octanol–water partition coefficient (Wildman–Crippen LogP) is 2.86. The molecular weight excluding hydrogens is 277 g/mol. The van der Waals surface area contributed by atoms with Gasteiger partial charge in [-0.2, -0.15) is 9.65 Å². The van der Waals surface area contributed by atoms with E-state index in [-0.39, 0.29) is 5.56 Å². The quantitative estimate of drug-likeness (QED) is 0.692. The molecule has 0 fully saturated rings. The Balaban J connectivity index is 2.26. The van der Waals surface area contributed by atoms with E-state index < -0.39 is 22.3 Å². The van der Waals surface area contributed by atoms with Gasteiger partial charge in [-0.1, -0.05) is 6.07 Å². The number of hydrogen-bond acceptors (Lipinski definition) is 4. The summed E-state index contributed by atoms with van der Waals surface area (Å²) in [5.41, 5.74) is -0.0946. The molecule has 0 heterocycles. The molecule has 0 spiro atoms. The average molecular weight is 285 g/mol. The fourth-order valence-electron chi connectivity index (χ4n) is 1.66. The summed E-state index contributed by atoms with van der Waals surface area (Å²) >= 11 is 0. The summed E-state index contributed by atoms with van der Waals surface area (Å²) in [4.78, 5) is 21.7. The summed E-state index contributed by atoms with van der Waals surface area (Å²) in [6.07, 6.45) is 0. The lowest BCUT2D eigenvalue weighted by molar-refractivity contribution is -0.387. The van der Waals surface area contributed by atoms with Crippen LogP contribution in [0.4, 0.5) is 15.8 Å². The molecule has 0 aliphatic carbocycles. The standard InChI is InChI=1S/C14H8FN3O3/c15-12-5-4-10(7-13(12)18(20)21)14(19)17-11-3-1-2-9(6-11)8-16/h1-7H,(H,17,19). The van der Waals surface area contributed by atoms with Crippen LogP contribution in [0, 0.1) is 27.3 Å². The van der Waals surface area contributed by atoms with E-state index in [1.807, 2.05) is 6.07 Å². The van der Waals surface area contributed by atoms with Crippen molar-refractivity contribution >= 4 is 17.3 Å². The maximum Gasteiger partial charge on any atom is 0.305 e. The Bertz CT molecular complexity index is 768. The van der Waals surface area contributed by atoms with Crippen LogP contribution < -0.4 is 5.32 Å². The van der Waals surface area contributed by atoms with Gasteiger partial charge in [-0.05, 0) is 30.3 Å². The van der Waals surface area contributed by atoms with Gasteiger partial charge in [0.2, 0.25) is 5.82 Å². The minimum Gasteiger partial charge on any atom is -0.322 e. The Kier molecular flexibility index (Phi) is 3.90. The van der Waals surface area contributed by atoms with Crippen LogP contribution in [0.15, 0.2) is 42.5 Å². The van der Waals surface area contributed by atoms with Crippen molar-refractivity contribution in [1.29, 1.82) is 5.26 Å². The van der Waals surface area contributed by atoms with Crippen LogP contribution in [0.5, 0.6) is 0 Å². The summed E-state index contributed by atoms with van der Waals surface area (Å²) in [5.74, 6) is -1.64. The molecule has 6 nitrogen and oxygen atoms in total. The van der Waals surface area contributed by atoms with E-state index in [1.54, 1.807) is 18.2 Å². The first-order valence-corrected chi connectivity index (χ1v) is 5.76. The SMILES string of the molecule is N#Cc1cccc(NC(=O)c2ccc(F)c([N+](=O)[O-])c2)c1. The molecule has 7 heteroatoms. The number of carbonyl (C=O) groups is 1. The highest BCUT2D eigenvalue weighted by Crippen LogP contribution is 2.19. The maximum atomic E-state index is 13.2. The summed E-state index contributed by atoms with van der Waals surface area (Å²) in [5, 5.41) is 21.9. The van der Waals surface area contributed by atoms with Crippen LogP contribution in [0.2, 0.25) is 0 Å². The van der Waals surface area contributed by atoms with Crippen molar-refractivity contribution in [2.75, 3.05) is 5.32 Å². The van der Waals surface area contributed by atoms with Crippen LogP contribution in [-0.4, -0.2) is 10.8 Å². The number of benzene rings is 2. The van der Waals surface area contributed by atoms with Crippen molar-refractivity contribution in [3.63, 3.8) is 0 Å². The van der Waals surface area contributed by atoms with Crippen LogP contribution in [-0.2, 0) is 0 Å². The number of nitriles is 1. The van der Waals surface area contributed by atoms with E-state index >= 15 is 0 Å². The Morgan fingerprint density at radius 3 is 2.71 bits per heavy atom. The molecule has 0 saturated heterocycles.